The molecule has 0 fully saturated rings. The summed E-state index contributed by atoms with van der Waals surface area (Å²) in [5, 5.41) is 12.7. The minimum Gasteiger partial charge on any atom is -0.322 e. The monoisotopic (exact) mass is 299 g/mol. The molecular weight excluding hydrogens is 293 g/mol. The Morgan fingerprint density at radius 3 is 3.00 bits per heavy atom. The van der Waals surface area contributed by atoms with E-state index in [1.54, 1.807) is 6.07 Å². The normalized spacial score (nSPS) is 10.2. The van der Waals surface area contributed by atoms with Gasteiger partial charge in [0.1, 0.15) is 18.7 Å². The number of hydrogen-bond acceptors (Lipinski definition) is 4. The predicted octanol–water partition coefficient (Wildman–Crippen LogP) is 1.21. The third-order valence-electron chi connectivity index (χ3n) is 1.90. The number of tetrazole rings is 1. The van der Waals surface area contributed by atoms with Crippen molar-refractivity contribution in [3.05, 3.63) is 34.8 Å². The van der Waals surface area contributed by atoms with Crippen molar-refractivity contribution in [3.8, 4) is 0 Å². The molecule has 1 N–H and O–H groups in total. The zero-order valence-corrected chi connectivity index (χ0v) is 10.1. The van der Waals surface area contributed by atoms with Gasteiger partial charge in [-0.05, 0) is 28.6 Å². The fourth-order valence-corrected chi connectivity index (χ4v) is 1.51. The van der Waals surface area contributed by atoms with Crippen LogP contribution in [0, 0.1) is 5.82 Å². The number of hydrogen-bond donors (Lipinski definition) is 1. The highest BCUT2D eigenvalue weighted by atomic mass is 79.9. The molecule has 1 heterocycles. The van der Waals surface area contributed by atoms with E-state index in [0.29, 0.717) is 4.47 Å². The second-order valence-corrected chi connectivity index (χ2v) is 4.10. The van der Waals surface area contributed by atoms with Gasteiger partial charge in [-0.25, -0.2) is 9.07 Å². The fourth-order valence-electron chi connectivity index (χ4n) is 1.18. The number of nitrogens with zero attached hydrogens (tertiary/aromatic N) is 4. The lowest BCUT2D eigenvalue weighted by Gasteiger charge is -2.06. The van der Waals surface area contributed by atoms with Crippen molar-refractivity contribution in [1.29, 1.82) is 0 Å². The van der Waals surface area contributed by atoms with Gasteiger partial charge in [0.05, 0.1) is 5.69 Å². The molecular formula is C9H7BrFN5O. The van der Waals surface area contributed by atoms with E-state index in [2.05, 4.69) is 36.8 Å². The average molecular weight is 300 g/mol. The molecule has 0 unspecified atom stereocenters. The van der Waals surface area contributed by atoms with Crippen LogP contribution >= 0.6 is 15.9 Å². The summed E-state index contributed by atoms with van der Waals surface area (Å²) in [6.45, 7) is -0.0670. The number of amides is 1. The fraction of sp³-hybridized carbons (Fsp3) is 0.111. The van der Waals surface area contributed by atoms with Gasteiger partial charge in [0.15, 0.2) is 0 Å². The average Bonchev–Trinajstić information content (AvgIpc) is 2.75. The second-order valence-electron chi connectivity index (χ2n) is 3.18. The Bertz CT molecular complexity index is 530. The van der Waals surface area contributed by atoms with Gasteiger partial charge in [0, 0.05) is 4.47 Å². The Labute approximate surface area is 104 Å². The first-order valence-corrected chi connectivity index (χ1v) is 5.40. The Hall–Kier alpha value is -1.83. The van der Waals surface area contributed by atoms with Crippen molar-refractivity contribution in [2.24, 2.45) is 0 Å². The Balaban J connectivity index is 2.03. The molecule has 0 saturated carbocycles. The van der Waals surface area contributed by atoms with E-state index >= 15 is 0 Å². The van der Waals surface area contributed by atoms with Gasteiger partial charge in [-0.3, -0.25) is 4.79 Å². The molecule has 0 aliphatic carbocycles. The molecule has 0 bridgehead atoms. The quantitative estimate of drug-likeness (QED) is 0.925. The minimum atomic E-state index is -0.510. The highest BCUT2D eigenvalue weighted by Crippen LogP contribution is 2.19. The standard InChI is InChI=1S/C9H7BrFN5O/c10-6-1-2-8(7(11)3-6)13-9(17)4-16-5-12-14-15-16/h1-3,5H,4H2,(H,13,17). The van der Waals surface area contributed by atoms with E-state index in [-0.39, 0.29) is 12.2 Å². The molecule has 0 aliphatic rings. The lowest BCUT2D eigenvalue weighted by molar-refractivity contribution is -0.116. The van der Waals surface area contributed by atoms with E-state index in [1.165, 1.54) is 23.1 Å². The molecule has 0 radical (unpaired) electrons. The van der Waals surface area contributed by atoms with Crippen LogP contribution in [0.5, 0.6) is 0 Å². The number of rotatable bonds is 3. The summed E-state index contributed by atoms with van der Waals surface area (Å²) in [6.07, 6.45) is 1.30. The number of anilines is 1. The maximum Gasteiger partial charge on any atom is 0.246 e. The Morgan fingerprint density at radius 2 is 2.35 bits per heavy atom. The SMILES string of the molecule is O=C(Cn1cnnn1)Nc1ccc(Br)cc1F. The Kier molecular flexibility index (Phi) is 3.43. The van der Waals surface area contributed by atoms with E-state index in [4.69, 9.17) is 0 Å². The summed E-state index contributed by atoms with van der Waals surface area (Å²) in [6, 6.07) is 4.37. The molecule has 6 nitrogen and oxygen atoms in total. The van der Waals surface area contributed by atoms with Gasteiger partial charge < -0.3 is 5.32 Å². The van der Waals surface area contributed by atoms with Gasteiger partial charge in [0.25, 0.3) is 0 Å². The van der Waals surface area contributed by atoms with Crippen LogP contribution in [0.3, 0.4) is 0 Å². The smallest absolute Gasteiger partial charge is 0.246 e. The number of carbonyl (C=O) groups is 1. The third-order valence-corrected chi connectivity index (χ3v) is 2.40. The largest absolute Gasteiger partial charge is 0.322 e. The summed E-state index contributed by atoms with van der Waals surface area (Å²) >= 11 is 3.13. The summed E-state index contributed by atoms with van der Waals surface area (Å²) in [4.78, 5) is 11.5. The lowest BCUT2D eigenvalue weighted by Crippen LogP contribution is -2.19. The van der Waals surface area contributed by atoms with Gasteiger partial charge in [-0.1, -0.05) is 15.9 Å². The van der Waals surface area contributed by atoms with Crippen LogP contribution in [-0.4, -0.2) is 26.1 Å². The number of aromatic nitrogens is 4. The van der Waals surface area contributed by atoms with Gasteiger partial charge >= 0.3 is 0 Å². The van der Waals surface area contributed by atoms with E-state index in [1.807, 2.05) is 0 Å². The number of benzene rings is 1. The lowest BCUT2D eigenvalue weighted by atomic mass is 10.3. The van der Waals surface area contributed by atoms with Crippen molar-refractivity contribution in [2.45, 2.75) is 6.54 Å². The van der Waals surface area contributed by atoms with Crippen molar-refractivity contribution in [2.75, 3.05) is 5.32 Å². The first-order chi connectivity index (χ1) is 8.15. The summed E-state index contributed by atoms with van der Waals surface area (Å²) in [5.41, 5.74) is 0.117. The maximum absolute atomic E-state index is 13.4. The minimum absolute atomic E-state index is 0.0670. The van der Waals surface area contributed by atoms with Crippen LogP contribution in [0.15, 0.2) is 29.0 Å². The molecule has 0 saturated heterocycles. The van der Waals surface area contributed by atoms with Gasteiger partial charge in [0.2, 0.25) is 5.91 Å². The highest BCUT2D eigenvalue weighted by Gasteiger charge is 2.08. The van der Waals surface area contributed by atoms with Crippen LogP contribution in [-0.2, 0) is 11.3 Å². The molecule has 1 aromatic heterocycles. The van der Waals surface area contributed by atoms with Gasteiger partial charge in [-0.2, -0.15) is 0 Å². The molecule has 88 valence electrons. The van der Waals surface area contributed by atoms with Crippen LogP contribution in [0.2, 0.25) is 0 Å². The molecule has 8 heteroatoms. The predicted molar refractivity (Wildman–Crippen MR) is 60.5 cm³/mol. The first-order valence-electron chi connectivity index (χ1n) is 4.61. The molecule has 1 amide bonds. The summed E-state index contributed by atoms with van der Waals surface area (Å²) in [5.74, 6) is -0.914. The van der Waals surface area contributed by atoms with Crippen molar-refractivity contribution >= 4 is 27.5 Å². The van der Waals surface area contributed by atoms with Crippen molar-refractivity contribution in [3.63, 3.8) is 0 Å². The molecule has 1 aromatic carbocycles. The summed E-state index contributed by atoms with van der Waals surface area (Å²) in [7, 11) is 0. The first kappa shape index (κ1) is 11.6. The maximum atomic E-state index is 13.4. The number of halogens is 2. The van der Waals surface area contributed by atoms with Crippen LogP contribution < -0.4 is 5.32 Å². The van der Waals surface area contributed by atoms with Crippen LogP contribution in [0.1, 0.15) is 0 Å². The molecule has 0 spiro atoms. The number of nitrogens with one attached hydrogen (secondary N) is 1. The van der Waals surface area contributed by atoms with Crippen LogP contribution in [0.25, 0.3) is 0 Å². The van der Waals surface area contributed by atoms with E-state index in [9.17, 15) is 9.18 Å². The highest BCUT2D eigenvalue weighted by molar-refractivity contribution is 9.10. The molecule has 2 rings (SSSR count). The van der Waals surface area contributed by atoms with Crippen molar-refractivity contribution in [1.82, 2.24) is 20.2 Å². The summed E-state index contributed by atoms with van der Waals surface area (Å²) < 4.78 is 15.2. The van der Waals surface area contributed by atoms with Crippen LogP contribution in [0.4, 0.5) is 10.1 Å². The molecule has 0 atom stereocenters. The molecule has 2 aromatic rings. The second kappa shape index (κ2) is 5.00. The topological polar surface area (TPSA) is 72.7 Å². The van der Waals surface area contributed by atoms with E-state index < -0.39 is 11.7 Å². The van der Waals surface area contributed by atoms with Crippen molar-refractivity contribution < 1.29 is 9.18 Å². The number of carbonyl (C=O) groups excluding carboxylic acids is 1. The Morgan fingerprint density at radius 1 is 1.53 bits per heavy atom. The molecule has 17 heavy (non-hydrogen) atoms. The zero-order valence-electron chi connectivity index (χ0n) is 8.47. The van der Waals surface area contributed by atoms with Gasteiger partial charge in [-0.15, -0.1) is 5.10 Å². The van der Waals surface area contributed by atoms with E-state index in [0.717, 1.165) is 0 Å². The molecule has 0 aliphatic heterocycles. The third kappa shape index (κ3) is 3.06. The zero-order chi connectivity index (χ0) is 12.3.